The van der Waals surface area contributed by atoms with E-state index in [2.05, 4.69) is 47.2 Å². The Kier molecular flexibility index (Phi) is 4.01. The van der Waals surface area contributed by atoms with Crippen molar-refractivity contribution in [2.24, 2.45) is 0 Å². The molecule has 3 aromatic rings. The van der Waals surface area contributed by atoms with E-state index in [1.54, 1.807) is 0 Å². The number of hydrogen-bond donors (Lipinski definition) is 1. The van der Waals surface area contributed by atoms with Crippen molar-refractivity contribution < 1.29 is 0 Å². The number of hydrogen-bond acceptors (Lipinski definition) is 3. The molecule has 0 bridgehead atoms. The summed E-state index contributed by atoms with van der Waals surface area (Å²) in [6.45, 7) is 4.99. The maximum absolute atomic E-state index is 4.69. The van der Waals surface area contributed by atoms with Gasteiger partial charge in [0.15, 0.2) is 0 Å². The third-order valence-corrected chi connectivity index (χ3v) is 3.76. The zero-order valence-electron chi connectivity index (χ0n) is 12.6. The first-order chi connectivity index (χ1) is 10.2. The third-order valence-electron chi connectivity index (χ3n) is 3.76. The minimum atomic E-state index is 0.919. The van der Waals surface area contributed by atoms with Crippen molar-refractivity contribution in [3.05, 3.63) is 48.0 Å². The Morgan fingerprint density at radius 2 is 2.14 bits per heavy atom. The molecule has 0 unspecified atom stereocenters. The molecule has 0 aliphatic rings. The van der Waals surface area contributed by atoms with E-state index in [4.69, 9.17) is 4.98 Å². The molecule has 110 valence electrons. The average Bonchev–Trinajstić information content (AvgIpc) is 3.12. The molecule has 21 heavy (non-hydrogen) atoms. The lowest BCUT2D eigenvalue weighted by Crippen LogP contribution is -2.26. The summed E-state index contributed by atoms with van der Waals surface area (Å²) in [5.74, 6) is 1.06. The van der Waals surface area contributed by atoms with E-state index in [0.29, 0.717) is 0 Å². The van der Waals surface area contributed by atoms with Crippen LogP contribution in [-0.4, -0.2) is 44.8 Å². The first-order valence-corrected chi connectivity index (χ1v) is 7.32. The summed E-state index contributed by atoms with van der Waals surface area (Å²) in [6.07, 6.45) is 4.75. The molecule has 0 aliphatic carbocycles. The summed E-state index contributed by atoms with van der Waals surface area (Å²) >= 11 is 0. The molecule has 5 heteroatoms. The van der Waals surface area contributed by atoms with Crippen molar-refractivity contribution in [1.29, 1.82) is 0 Å². The van der Waals surface area contributed by atoms with Crippen LogP contribution in [0.3, 0.4) is 0 Å². The molecule has 0 amide bonds. The smallest absolute Gasteiger partial charge is 0.108 e. The van der Waals surface area contributed by atoms with E-state index in [-0.39, 0.29) is 0 Å². The lowest BCUT2D eigenvalue weighted by atomic mass is 10.2. The summed E-state index contributed by atoms with van der Waals surface area (Å²) in [6, 6.07) is 8.20. The van der Waals surface area contributed by atoms with Crippen molar-refractivity contribution in [2.45, 2.75) is 19.9 Å². The summed E-state index contributed by atoms with van der Waals surface area (Å²) < 4.78 is 1.96. The van der Waals surface area contributed by atoms with Crippen LogP contribution in [0.4, 0.5) is 0 Å². The van der Waals surface area contributed by atoms with Crippen molar-refractivity contribution >= 4 is 11.0 Å². The second-order valence-electron chi connectivity index (χ2n) is 5.48. The molecule has 0 aliphatic heterocycles. The molecular formula is C16H21N5. The molecule has 1 aromatic carbocycles. The lowest BCUT2D eigenvalue weighted by Gasteiger charge is -2.15. The van der Waals surface area contributed by atoms with Crippen LogP contribution >= 0.6 is 0 Å². The van der Waals surface area contributed by atoms with Gasteiger partial charge < -0.3 is 9.88 Å². The Bertz CT molecular complexity index is 699. The molecule has 2 aromatic heterocycles. The number of benzene rings is 1. The number of nitrogens with zero attached hydrogens (tertiary/aromatic N) is 4. The van der Waals surface area contributed by atoms with E-state index in [0.717, 1.165) is 42.9 Å². The number of para-hydroxylation sites is 1. The van der Waals surface area contributed by atoms with Crippen molar-refractivity contribution in [3.8, 4) is 0 Å². The maximum Gasteiger partial charge on any atom is 0.108 e. The minimum absolute atomic E-state index is 0.919. The van der Waals surface area contributed by atoms with Gasteiger partial charge in [-0.1, -0.05) is 12.1 Å². The van der Waals surface area contributed by atoms with Gasteiger partial charge in [0.2, 0.25) is 0 Å². The summed E-state index contributed by atoms with van der Waals surface area (Å²) in [4.78, 5) is 10.4. The number of imidazole rings is 1. The van der Waals surface area contributed by atoms with Crippen LogP contribution in [0.5, 0.6) is 0 Å². The topological polar surface area (TPSA) is 49.7 Å². The highest BCUT2D eigenvalue weighted by Crippen LogP contribution is 2.15. The molecule has 0 saturated heterocycles. The van der Waals surface area contributed by atoms with Crippen LogP contribution in [0.2, 0.25) is 0 Å². The van der Waals surface area contributed by atoms with Gasteiger partial charge in [-0.15, -0.1) is 0 Å². The number of fused-ring (bicyclic) bond motifs is 1. The first-order valence-electron chi connectivity index (χ1n) is 7.32. The number of aromatic amines is 1. The van der Waals surface area contributed by atoms with Gasteiger partial charge in [0.1, 0.15) is 5.82 Å². The van der Waals surface area contributed by atoms with Crippen LogP contribution in [-0.2, 0) is 13.0 Å². The Balaban J connectivity index is 1.54. The van der Waals surface area contributed by atoms with Gasteiger partial charge in [-0.05, 0) is 31.7 Å². The summed E-state index contributed by atoms with van der Waals surface area (Å²) in [5, 5.41) is 4.22. The predicted molar refractivity (Wildman–Crippen MR) is 84.3 cm³/mol. The monoisotopic (exact) mass is 283 g/mol. The van der Waals surface area contributed by atoms with E-state index in [1.165, 1.54) is 5.56 Å². The van der Waals surface area contributed by atoms with Crippen molar-refractivity contribution in [2.75, 3.05) is 20.1 Å². The highest BCUT2D eigenvalue weighted by Gasteiger charge is 2.06. The quantitative estimate of drug-likeness (QED) is 0.755. The van der Waals surface area contributed by atoms with Gasteiger partial charge in [0.25, 0.3) is 0 Å². The first kappa shape index (κ1) is 13.8. The second-order valence-corrected chi connectivity index (χ2v) is 5.48. The van der Waals surface area contributed by atoms with Crippen LogP contribution in [0.1, 0.15) is 11.4 Å². The molecule has 0 radical (unpaired) electrons. The van der Waals surface area contributed by atoms with Crippen LogP contribution < -0.4 is 0 Å². The molecule has 0 spiro atoms. The van der Waals surface area contributed by atoms with E-state index in [1.807, 2.05) is 23.1 Å². The number of aromatic nitrogens is 4. The molecule has 0 saturated carbocycles. The normalized spacial score (nSPS) is 11.6. The van der Waals surface area contributed by atoms with Gasteiger partial charge in [-0.25, -0.2) is 4.98 Å². The van der Waals surface area contributed by atoms with Gasteiger partial charge in [0, 0.05) is 31.9 Å². The van der Waals surface area contributed by atoms with Gasteiger partial charge >= 0.3 is 0 Å². The van der Waals surface area contributed by atoms with Crippen molar-refractivity contribution in [1.82, 2.24) is 24.6 Å². The average molecular weight is 283 g/mol. The second kappa shape index (κ2) is 6.10. The molecule has 0 fully saturated rings. The van der Waals surface area contributed by atoms with Gasteiger partial charge in [-0.3, -0.25) is 4.68 Å². The third kappa shape index (κ3) is 3.31. The Labute approximate surface area is 124 Å². The standard InChI is InChI=1S/C16H21N5/c1-13-5-3-6-14-16(13)19-15(18-14)7-10-20(2)11-12-21-9-4-8-17-21/h3-6,8-9H,7,10-12H2,1-2H3,(H,18,19). The predicted octanol–water partition coefficient (Wildman–Crippen LogP) is 2.24. The largest absolute Gasteiger partial charge is 0.342 e. The molecule has 5 nitrogen and oxygen atoms in total. The lowest BCUT2D eigenvalue weighted by molar-refractivity contribution is 0.314. The number of nitrogens with one attached hydrogen (secondary N) is 1. The van der Waals surface area contributed by atoms with Gasteiger partial charge in [0.05, 0.1) is 17.6 Å². The summed E-state index contributed by atoms with van der Waals surface area (Å²) in [7, 11) is 2.14. The SMILES string of the molecule is Cc1cccc2[nH]c(CCN(C)CCn3cccn3)nc12. The summed E-state index contributed by atoms with van der Waals surface area (Å²) in [5.41, 5.74) is 3.44. The fourth-order valence-corrected chi connectivity index (χ4v) is 2.46. The molecule has 1 N–H and O–H groups in total. The maximum atomic E-state index is 4.69. The molecular weight excluding hydrogens is 262 g/mol. The fourth-order valence-electron chi connectivity index (χ4n) is 2.46. The highest BCUT2D eigenvalue weighted by atomic mass is 15.3. The highest BCUT2D eigenvalue weighted by molar-refractivity contribution is 5.78. The number of likely N-dealkylation sites (N-methyl/N-ethyl adjacent to an activating group) is 1. The fraction of sp³-hybridized carbons (Fsp3) is 0.375. The Morgan fingerprint density at radius 1 is 1.24 bits per heavy atom. The number of rotatable bonds is 6. The molecule has 3 rings (SSSR count). The van der Waals surface area contributed by atoms with Crippen LogP contribution in [0.25, 0.3) is 11.0 Å². The Hall–Kier alpha value is -2.14. The Morgan fingerprint density at radius 3 is 2.90 bits per heavy atom. The number of H-pyrrole nitrogens is 1. The molecule has 0 atom stereocenters. The van der Waals surface area contributed by atoms with E-state index < -0.39 is 0 Å². The van der Waals surface area contributed by atoms with Gasteiger partial charge in [-0.2, -0.15) is 5.10 Å². The zero-order chi connectivity index (χ0) is 14.7. The van der Waals surface area contributed by atoms with Crippen LogP contribution in [0, 0.1) is 6.92 Å². The van der Waals surface area contributed by atoms with Crippen LogP contribution in [0.15, 0.2) is 36.7 Å². The van der Waals surface area contributed by atoms with E-state index >= 15 is 0 Å². The number of aryl methyl sites for hydroxylation is 1. The van der Waals surface area contributed by atoms with E-state index in [9.17, 15) is 0 Å². The minimum Gasteiger partial charge on any atom is -0.342 e. The zero-order valence-corrected chi connectivity index (χ0v) is 12.6. The molecule has 2 heterocycles. The van der Waals surface area contributed by atoms with Crippen molar-refractivity contribution in [3.63, 3.8) is 0 Å².